The largest absolute Gasteiger partial charge is 0.416 e. The maximum Gasteiger partial charge on any atom is 0.416 e. The lowest BCUT2D eigenvalue weighted by atomic mass is 10.2. The van der Waals surface area contributed by atoms with E-state index >= 15 is 0 Å². The quantitative estimate of drug-likeness (QED) is 0.607. The highest BCUT2D eigenvalue weighted by molar-refractivity contribution is 5.47. The van der Waals surface area contributed by atoms with Crippen LogP contribution in [0.3, 0.4) is 0 Å². The zero-order valence-electron chi connectivity index (χ0n) is 6.84. The van der Waals surface area contributed by atoms with Crippen molar-refractivity contribution >= 4 is 12.2 Å². The van der Waals surface area contributed by atoms with Gasteiger partial charge < -0.3 is 4.84 Å². The first kappa shape index (κ1) is 10.4. The molecule has 0 heterocycles. The number of rotatable bonds is 3. The zero-order valence-corrected chi connectivity index (χ0v) is 6.84. The molecule has 0 saturated carbocycles. The molecule has 1 N–H and O–H groups in total. The van der Waals surface area contributed by atoms with E-state index < -0.39 is 11.7 Å². The summed E-state index contributed by atoms with van der Waals surface area (Å²) < 4.78 is 36.2. The van der Waals surface area contributed by atoms with Crippen molar-refractivity contribution in [2.75, 3.05) is 5.48 Å². The molecule has 0 unspecified atom stereocenters. The number of benzene rings is 1. The number of hydrogen-bond donors (Lipinski definition) is 1. The van der Waals surface area contributed by atoms with Gasteiger partial charge in [-0.05, 0) is 24.3 Å². The topological polar surface area (TPSA) is 38.3 Å². The van der Waals surface area contributed by atoms with E-state index in [2.05, 4.69) is 10.3 Å². The second-order valence-electron chi connectivity index (χ2n) is 2.39. The van der Waals surface area contributed by atoms with Crippen LogP contribution >= 0.6 is 0 Å². The third-order valence-corrected chi connectivity index (χ3v) is 1.44. The van der Waals surface area contributed by atoms with Crippen LogP contribution in [-0.2, 0) is 15.8 Å². The van der Waals surface area contributed by atoms with E-state index in [0.29, 0.717) is 0 Å². The summed E-state index contributed by atoms with van der Waals surface area (Å²) >= 11 is 0. The Morgan fingerprint density at radius 2 is 1.79 bits per heavy atom. The molecule has 0 atom stereocenters. The SMILES string of the molecule is O=CONc1ccc(C(F)(F)F)cc1. The molecule has 76 valence electrons. The summed E-state index contributed by atoms with van der Waals surface area (Å²) in [5, 5.41) is 0. The van der Waals surface area contributed by atoms with Crippen LogP contribution in [0.5, 0.6) is 0 Å². The molecule has 1 rings (SSSR count). The summed E-state index contributed by atoms with van der Waals surface area (Å²) in [7, 11) is 0. The number of nitrogens with one attached hydrogen (secondary N) is 1. The van der Waals surface area contributed by atoms with Gasteiger partial charge in [-0.3, -0.25) is 4.79 Å². The van der Waals surface area contributed by atoms with Gasteiger partial charge in [-0.1, -0.05) is 0 Å². The molecule has 0 radical (unpaired) electrons. The predicted molar refractivity (Wildman–Crippen MR) is 42.2 cm³/mol. The fourth-order valence-corrected chi connectivity index (χ4v) is 0.819. The van der Waals surface area contributed by atoms with Gasteiger partial charge in [-0.2, -0.15) is 13.2 Å². The van der Waals surface area contributed by atoms with Gasteiger partial charge in [-0.15, -0.1) is 0 Å². The normalized spacial score (nSPS) is 10.8. The van der Waals surface area contributed by atoms with Gasteiger partial charge >= 0.3 is 12.6 Å². The molecule has 6 heteroatoms. The van der Waals surface area contributed by atoms with E-state index in [1.807, 2.05) is 0 Å². The summed E-state index contributed by atoms with van der Waals surface area (Å²) in [6.07, 6.45) is -4.36. The van der Waals surface area contributed by atoms with Crippen molar-refractivity contribution in [3.63, 3.8) is 0 Å². The van der Waals surface area contributed by atoms with E-state index in [1.165, 1.54) is 0 Å². The summed E-state index contributed by atoms with van der Waals surface area (Å²) in [5.74, 6) is 0. The summed E-state index contributed by atoms with van der Waals surface area (Å²) in [5.41, 5.74) is 1.65. The lowest BCUT2D eigenvalue weighted by molar-refractivity contribution is -0.137. The number of alkyl halides is 3. The Labute approximate surface area is 77.4 Å². The van der Waals surface area contributed by atoms with Crippen LogP contribution in [-0.4, -0.2) is 6.47 Å². The zero-order chi connectivity index (χ0) is 10.6. The van der Waals surface area contributed by atoms with E-state index in [-0.39, 0.29) is 12.2 Å². The first-order valence-corrected chi connectivity index (χ1v) is 3.56. The van der Waals surface area contributed by atoms with Gasteiger partial charge in [-0.25, -0.2) is 5.48 Å². The highest BCUT2D eigenvalue weighted by Gasteiger charge is 2.29. The molecule has 0 aliphatic rings. The van der Waals surface area contributed by atoms with Crippen molar-refractivity contribution in [1.29, 1.82) is 0 Å². The molecule has 1 aromatic carbocycles. The van der Waals surface area contributed by atoms with Crippen LogP contribution in [0.1, 0.15) is 5.56 Å². The number of hydrogen-bond acceptors (Lipinski definition) is 3. The van der Waals surface area contributed by atoms with E-state index in [0.717, 1.165) is 24.3 Å². The maximum atomic E-state index is 12.1. The number of carbonyl (C=O) groups excluding carboxylic acids is 1. The van der Waals surface area contributed by atoms with Gasteiger partial charge in [0.2, 0.25) is 0 Å². The Morgan fingerprint density at radius 3 is 2.21 bits per heavy atom. The molecular weight excluding hydrogens is 199 g/mol. The first-order chi connectivity index (χ1) is 6.54. The van der Waals surface area contributed by atoms with Gasteiger partial charge in [0.05, 0.1) is 11.3 Å². The van der Waals surface area contributed by atoms with Crippen LogP contribution in [0.2, 0.25) is 0 Å². The molecule has 0 spiro atoms. The fraction of sp³-hybridized carbons (Fsp3) is 0.125. The van der Waals surface area contributed by atoms with Crippen molar-refractivity contribution in [3.05, 3.63) is 29.8 Å². The molecule has 1 aromatic rings. The Kier molecular flexibility index (Phi) is 2.95. The molecule has 0 saturated heterocycles. The third-order valence-electron chi connectivity index (χ3n) is 1.44. The van der Waals surface area contributed by atoms with Crippen molar-refractivity contribution in [2.24, 2.45) is 0 Å². The van der Waals surface area contributed by atoms with Gasteiger partial charge in [0.15, 0.2) is 0 Å². The summed E-state index contributed by atoms with van der Waals surface area (Å²) in [4.78, 5) is 13.9. The third kappa shape index (κ3) is 2.65. The molecule has 0 aliphatic carbocycles. The molecule has 0 aliphatic heterocycles. The second kappa shape index (κ2) is 3.99. The number of halogens is 3. The lowest BCUT2D eigenvalue weighted by Gasteiger charge is -2.07. The Balaban J connectivity index is 2.73. The van der Waals surface area contributed by atoms with Crippen LogP contribution < -0.4 is 5.48 Å². The van der Waals surface area contributed by atoms with Crippen molar-refractivity contribution in [2.45, 2.75) is 6.18 Å². The summed E-state index contributed by atoms with van der Waals surface area (Å²) in [6.45, 7) is 0.137. The minimum atomic E-state index is -4.36. The van der Waals surface area contributed by atoms with Crippen LogP contribution in [0, 0.1) is 0 Å². The minimum Gasteiger partial charge on any atom is -0.347 e. The molecule has 14 heavy (non-hydrogen) atoms. The van der Waals surface area contributed by atoms with E-state index in [4.69, 9.17) is 0 Å². The van der Waals surface area contributed by atoms with Crippen LogP contribution in [0.4, 0.5) is 18.9 Å². The highest BCUT2D eigenvalue weighted by atomic mass is 19.4. The molecular formula is C8H6F3NO2. The predicted octanol–water partition coefficient (Wildman–Crippen LogP) is 2.21. The monoisotopic (exact) mass is 205 g/mol. The molecule has 0 amide bonds. The lowest BCUT2D eigenvalue weighted by Crippen LogP contribution is -2.05. The molecule has 0 aromatic heterocycles. The van der Waals surface area contributed by atoms with Crippen molar-refractivity contribution in [3.8, 4) is 0 Å². The standard InChI is InChI=1S/C8H6F3NO2/c9-8(10,11)6-1-3-7(4-2-6)12-14-5-13/h1-5,12H. The van der Waals surface area contributed by atoms with E-state index in [9.17, 15) is 18.0 Å². The van der Waals surface area contributed by atoms with Crippen LogP contribution in [0.25, 0.3) is 0 Å². The summed E-state index contributed by atoms with van der Waals surface area (Å²) in [6, 6.07) is 4.09. The number of anilines is 1. The second-order valence-corrected chi connectivity index (χ2v) is 2.39. The van der Waals surface area contributed by atoms with Gasteiger partial charge in [0.1, 0.15) is 0 Å². The number of carbonyl (C=O) groups is 1. The Morgan fingerprint density at radius 1 is 1.21 bits per heavy atom. The fourth-order valence-electron chi connectivity index (χ4n) is 0.819. The van der Waals surface area contributed by atoms with Crippen LogP contribution in [0.15, 0.2) is 24.3 Å². The van der Waals surface area contributed by atoms with Crippen molar-refractivity contribution in [1.82, 2.24) is 0 Å². The highest BCUT2D eigenvalue weighted by Crippen LogP contribution is 2.29. The molecule has 3 nitrogen and oxygen atoms in total. The molecule has 0 fully saturated rings. The maximum absolute atomic E-state index is 12.1. The van der Waals surface area contributed by atoms with E-state index in [1.54, 1.807) is 0 Å². The first-order valence-electron chi connectivity index (χ1n) is 3.56. The average molecular weight is 205 g/mol. The van der Waals surface area contributed by atoms with Gasteiger partial charge in [0, 0.05) is 0 Å². The molecule has 0 bridgehead atoms. The average Bonchev–Trinajstić information content (AvgIpc) is 2.14. The van der Waals surface area contributed by atoms with Gasteiger partial charge in [0.25, 0.3) is 0 Å². The Bertz CT molecular complexity index is 307. The van der Waals surface area contributed by atoms with Crippen molar-refractivity contribution < 1.29 is 22.8 Å². The minimum absolute atomic E-state index is 0.137. The smallest absolute Gasteiger partial charge is 0.347 e. The Hall–Kier alpha value is -1.72.